The first-order valence-corrected chi connectivity index (χ1v) is 7.20. The number of halogens is 1. The lowest BCUT2D eigenvalue weighted by Crippen LogP contribution is -2.28. The number of nitro benzene ring substituents is 1. The molecule has 0 bridgehead atoms. The molecule has 2 aromatic rings. The molecule has 0 N–H and O–H groups in total. The van der Waals surface area contributed by atoms with Crippen molar-refractivity contribution in [3.8, 4) is 0 Å². The molecule has 2 aromatic carbocycles. The quantitative estimate of drug-likeness (QED) is 0.616. The van der Waals surface area contributed by atoms with Crippen LogP contribution in [0.5, 0.6) is 0 Å². The monoisotopic (exact) mass is 346 g/mol. The molecule has 106 valence electrons. The highest BCUT2D eigenvalue weighted by Crippen LogP contribution is 2.32. The molecule has 1 aliphatic rings. The molecule has 0 aromatic heterocycles. The van der Waals surface area contributed by atoms with Crippen molar-refractivity contribution in [3.05, 3.63) is 68.2 Å². The van der Waals surface area contributed by atoms with E-state index in [0.717, 1.165) is 10.0 Å². The summed E-state index contributed by atoms with van der Waals surface area (Å²) in [5.41, 5.74) is 2.16. The Labute approximate surface area is 129 Å². The van der Waals surface area contributed by atoms with Crippen LogP contribution in [0.15, 0.2) is 46.9 Å². The second kappa shape index (κ2) is 5.29. The first-order chi connectivity index (χ1) is 10.1. The zero-order chi connectivity index (χ0) is 15.0. The van der Waals surface area contributed by atoms with Gasteiger partial charge in [0.1, 0.15) is 0 Å². The highest BCUT2D eigenvalue weighted by molar-refractivity contribution is 9.10. The number of benzene rings is 2. The van der Waals surface area contributed by atoms with Gasteiger partial charge < -0.3 is 4.90 Å². The fourth-order valence-corrected chi connectivity index (χ4v) is 2.87. The van der Waals surface area contributed by atoms with Gasteiger partial charge in [-0.1, -0.05) is 28.1 Å². The third-order valence-corrected chi connectivity index (χ3v) is 3.99. The molecule has 0 aliphatic carbocycles. The van der Waals surface area contributed by atoms with Crippen LogP contribution < -0.4 is 4.90 Å². The number of rotatable bonds is 2. The van der Waals surface area contributed by atoms with Gasteiger partial charge in [-0.25, -0.2) is 0 Å². The number of hydrogen-bond donors (Lipinski definition) is 0. The molecule has 0 radical (unpaired) electrons. The van der Waals surface area contributed by atoms with E-state index in [4.69, 9.17) is 0 Å². The Bertz CT molecular complexity index is 745. The van der Waals surface area contributed by atoms with Crippen molar-refractivity contribution in [2.75, 3.05) is 11.4 Å². The number of hydrogen-bond acceptors (Lipinski definition) is 3. The van der Waals surface area contributed by atoms with Crippen LogP contribution in [-0.2, 0) is 6.42 Å². The third kappa shape index (κ3) is 2.54. The van der Waals surface area contributed by atoms with E-state index < -0.39 is 4.92 Å². The van der Waals surface area contributed by atoms with Crippen LogP contribution in [0.3, 0.4) is 0 Å². The Kier molecular flexibility index (Phi) is 3.47. The molecule has 0 unspecified atom stereocenters. The van der Waals surface area contributed by atoms with Crippen molar-refractivity contribution >= 4 is 33.2 Å². The Morgan fingerprint density at radius 3 is 2.76 bits per heavy atom. The summed E-state index contributed by atoms with van der Waals surface area (Å²) in [5.74, 6) is -0.143. The summed E-state index contributed by atoms with van der Waals surface area (Å²) in [6.07, 6.45) is 0.715. The third-order valence-electron chi connectivity index (χ3n) is 3.49. The maximum Gasteiger partial charge on any atom is 0.271 e. The van der Waals surface area contributed by atoms with E-state index in [1.807, 2.05) is 6.07 Å². The lowest BCUT2D eigenvalue weighted by Gasteiger charge is -2.17. The van der Waals surface area contributed by atoms with Crippen LogP contribution in [0, 0.1) is 10.1 Å². The molecule has 1 amide bonds. The van der Waals surface area contributed by atoms with Gasteiger partial charge in [0.05, 0.1) is 10.6 Å². The van der Waals surface area contributed by atoms with Gasteiger partial charge in [-0.3, -0.25) is 14.9 Å². The number of amides is 1. The van der Waals surface area contributed by atoms with Crippen LogP contribution in [0.25, 0.3) is 0 Å². The van der Waals surface area contributed by atoms with Crippen molar-refractivity contribution in [2.24, 2.45) is 0 Å². The van der Waals surface area contributed by atoms with E-state index in [1.165, 1.54) is 12.1 Å². The molecular formula is C15H11BrN2O3. The topological polar surface area (TPSA) is 63.5 Å². The van der Waals surface area contributed by atoms with Gasteiger partial charge in [-0.2, -0.15) is 0 Å². The zero-order valence-electron chi connectivity index (χ0n) is 11.0. The highest BCUT2D eigenvalue weighted by atomic mass is 79.9. The van der Waals surface area contributed by atoms with E-state index in [-0.39, 0.29) is 11.6 Å². The van der Waals surface area contributed by atoms with Gasteiger partial charge in [-0.05, 0) is 30.2 Å². The Balaban J connectivity index is 1.98. The van der Waals surface area contributed by atoms with Crippen LogP contribution in [0.2, 0.25) is 0 Å². The normalized spacial score (nSPS) is 13.1. The SMILES string of the molecule is O=C(c1cccc(Br)c1)N1CCc2ccc([N+](=O)[O-])cc21. The molecule has 0 saturated heterocycles. The Morgan fingerprint density at radius 2 is 2.05 bits per heavy atom. The summed E-state index contributed by atoms with van der Waals surface area (Å²) in [7, 11) is 0. The molecule has 0 atom stereocenters. The molecule has 0 fully saturated rings. The lowest BCUT2D eigenvalue weighted by molar-refractivity contribution is -0.384. The van der Waals surface area contributed by atoms with Gasteiger partial charge in [0, 0.05) is 28.7 Å². The molecule has 0 saturated carbocycles. The van der Waals surface area contributed by atoms with Crippen molar-refractivity contribution in [1.29, 1.82) is 0 Å². The van der Waals surface area contributed by atoms with Crippen molar-refractivity contribution in [2.45, 2.75) is 6.42 Å². The number of fused-ring (bicyclic) bond motifs is 1. The molecular weight excluding hydrogens is 336 g/mol. The fourth-order valence-electron chi connectivity index (χ4n) is 2.47. The van der Waals surface area contributed by atoms with E-state index in [1.54, 1.807) is 29.2 Å². The summed E-state index contributed by atoms with van der Waals surface area (Å²) in [6.45, 7) is 0.543. The molecule has 5 nitrogen and oxygen atoms in total. The predicted octanol–water partition coefficient (Wildman–Crippen LogP) is 3.56. The number of nitro groups is 1. The van der Waals surface area contributed by atoms with Crippen molar-refractivity contribution < 1.29 is 9.72 Å². The van der Waals surface area contributed by atoms with E-state index in [0.29, 0.717) is 24.2 Å². The van der Waals surface area contributed by atoms with Gasteiger partial charge >= 0.3 is 0 Å². The van der Waals surface area contributed by atoms with Crippen molar-refractivity contribution in [1.82, 2.24) is 0 Å². The second-order valence-electron chi connectivity index (χ2n) is 4.79. The molecule has 0 spiro atoms. The minimum atomic E-state index is -0.444. The van der Waals surface area contributed by atoms with E-state index in [2.05, 4.69) is 15.9 Å². The maximum absolute atomic E-state index is 12.6. The van der Waals surface area contributed by atoms with E-state index in [9.17, 15) is 14.9 Å². The average molecular weight is 347 g/mol. The average Bonchev–Trinajstić information content (AvgIpc) is 2.89. The van der Waals surface area contributed by atoms with Crippen molar-refractivity contribution in [3.63, 3.8) is 0 Å². The fraction of sp³-hybridized carbons (Fsp3) is 0.133. The molecule has 1 heterocycles. The Morgan fingerprint density at radius 1 is 1.24 bits per heavy atom. The minimum absolute atomic E-state index is 0.00249. The van der Waals surface area contributed by atoms with Gasteiger partial charge in [0.2, 0.25) is 0 Å². The number of nitrogens with zero attached hydrogens (tertiary/aromatic N) is 2. The predicted molar refractivity (Wildman–Crippen MR) is 82.6 cm³/mol. The van der Waals surface area contributed by atoms with Gasteiger partial charge in [0.25, 0.3) is 11.6 Å². The standard InChI is InChI=1S/C15H11BrN2O3/c16-12-3-1-2-11(8-12)15(19)17-7-6-10-4-5-13(18(20)21)9-14(10)17/h1-5,8-9H,6-7H2. The minimum Gasteiger partial charge on any atom is -0.307 e. The summed E-state index contributed by atoms with van der Waals surface area (Å²) < 4.78 is 0.826. The van der Waals surface area contributed by atoms with Crippen LogP contribution in [0.4, 0.5) is 11.4 Å². The van der Waals surface area contributed by atoms with E-state index >= 15 is 0 Å². The number of anilines is 1. The largest absolute Gasteiger partial charge is 0.307 e. The van der Waals surface area contributed by atoms with Gasteiger partial charge in [0.15, 0.2) is 0 Å². The zero-order valence-corrected chi connectivity index (χ0v) is 12.5. The summed E-state index contributed by atoms with van der Waals surface area (Å²) in [6, 6.07) is 11.8. The van der Waals surface area contributed by atoms with Gasteiger partial charge in [-0.15, -0.1) is 0 Å². The second-order valence-corrected chi connectivity index (χ2v) is 5.70. The summed E-state index contributed by atoms with van der Waals surface area (Å²) in [4.78, 5) is 24.6. The van der Waals surface area contributed by atoms with Crippen LogP contribution >= 0.6 is 15.9 Å². The number of carbonyl (C=O) groups excluding carboxylic acids is 1. The number of carbonyl (C=O) groups is 1. The highest BCUT2D eigenvalue weighted by Gasteiger charge is 2.27. The summed E-state index contributed by atoms with van der Waals surface area (Å²) >= 11 is 3.34. The molecule has 1 aliphatic heterocycles. The molecule has 21 heavy (non-hydrogen) atoms. The Hall–Kier alpha value is -2.21. The maximum atomic E-state index is 12.6. The lowest BCUT2D eigenvalue weighted by atomic mass is 10.1. The van der Waals surface area contributed by atoms with Crippen LogP contribution in [0.1, 0.15) is 15.9 Å². The molecule has 3 rings (SSSR count). The first-order valence-electron chi connectivity index (χ1n) is 6.41. The summed E-state index contributed by atoms with van der Waals surface area (Å²) in [5, 5.41) is 10.9. The molecule has 6 heteroatoms. The number of non-ortho nitro benzene ring substituents is 1. The first kappa shape index (κ1) is 13.8. The smallest absolute Gasteiger partial charge is 0.271 e. The van der Waals surface area contributed by atoms with Crippen LogP contribution in [-0.4, -0.2) is 17.4 Å².